The second-order valence-corrected chi connectivity index (χ2v) is 8.11. The standard InChI is InChI=1S/C25H27N3O5/c1-2-16-15-28(25(32)27-23(16)30)21-13-19(29)20(33-21)14-26-24(31)22(17-9-5-3-6-10-17)18-11-7-4-8-12-18/h3-12,15,19-22,29H,2,13-14H2,1H3,(H,26,31)(H,27,30,32)/t19-,20+,21+/m0/s1. The smallest absolute Gasteiger partial charge is 0.330 e. The third-order valence-electron chi connectivity index (χ3n) is 5.94. The lowest BCUT2D eigenvalue weighted by atomic mass is 9.90. The van der Waals surface area contributed by atoms with Gasteiger partial charge in [0.25, 0.3) is 5.56 Å². The van der Waals surface area contributed by atoms with Crippen LogP contribution in [0.5, 0.6) is 0 Å². The zero-order valence-corrected chi connectivity index (χ0v) is 18.3. The Labute approximate surface area is 190 Å². The van der Waals surface area contributed by atoms with Crippen molar-refractivity contribution in [2.45, 2.75) is 44.1 Å². The van der Waals surface area contributed by atoms with E-state index in [0.717, 1.165) is 11.1 Å². The Balaban J connectivity index is 1.48. The molecule has 33 heavy (non-hydrogen) atoms. The summed E-state index contributed by atoms with van der Waals surface area (Å²) in [5.74, 6) is -0.711. The topological polar surface area (TPSA) is 113 Å². The highest BCUT2D eigenvalue weighted by molar-refractivity contribution is 5.87. The van der Waals surface area contributed by atoms with E-state index in [9.17, 15) is 19.5 Å². The van der Waals surface area contributed by atoms with Crippen molar-refractivity contribution in [3.8, 4) is 0 Å². The van der Waals surface area contributed by atoms with Crippen LogP contribution in [0.15, 0.2) is 76.4 Å². The maximum atomic E-state index is 13.2. The Hall–Kier alpha value is -3.49. The molecule has 2 aromatic carbocycles. The molecule has 3 N–H and O–H groups in total. The van der Waals surface area contributed by atoms with Gasteiger partial charge in [0.15, 0.2) is 0 Å². The number of aliphatic hydroxyl groups excluding tert-OH is 1. The fourth-order valence-corrected chi connectivity index (χ4v) is 4.15. The fourth-order valence-electron chi connectivity index (χ4n) is 4.15. The molecule has 1 fully saturated rings. The summed E-state index contributed by atoms with van der Waals surface area (Å²) < 4.78 is 7.19. The Kier molecular flexibility index (Phi) is 6.86. The van der Waals surface area contributed by atoms with Crippen molar-refractivity contribution in [1.29, 1.82) is 0 Å². The number of carbonyl (C=O) groups excluding carboxylic acids is 1. The van der Waals surface area contributed by atoms with Gasteiger partial charge in [-0.3, -0.25) is 19.1 Å². The summed E-state index contributed by atoms with van der Waals surface area (Å²) in [6, 6.07) is 19.0. The number of rotatable bonds is 7. The van der Waals surface area contributed by atoms with Crippen LogP contribution in [0.1, 0.15) is 42.2 Å². The molecule has 1 amide bonds. The van der Waals surface area contributed by atoms with E-state index in [1.807, 2.05) is 67.6 Å². The first kappa shape index (κ1) is 22.7. The summed E-state index contributed by atoms with van der Waals surface area (Å²) >= 11 is 0. The zero-order valence-electron chi connectivity index (χ0n) is 18.3. The number of carbonyl (C=O) groups is 1. The van der Waals surface area contributed by atoms with E-state index in [1.54, 1.807) is 0 Å². The van der Waals surface area contributed by atoms with E-state index in [0.29, 0.717) is 12.0 Å². The van der Waals surface area contributed by atoms with Crippen LogP contribution in [-0.2, 0) is 16.0 Å². The summed E-state index contributed by atoms with van der Waals surface area (Å²) in [5.41, 5.74) is 1.16. The van der Waals surface area contributed by atoms with Gasteiger partial charge in [-0.2, -0.15) is 0 Å². The third-order valence-corrected chi connectivity index (χ3v) is 5.94. The molecule has 0 radical (unpaired) electrons. The molecular weight excluding hydrogens is 422 g/mol. The first-order valence-corrected chi connectivity index (χ1v) is 11.0. The third kappa shape index (κ3) is 4.97. The lowest BCUT2D eigenvalue weighted by Gasteiger charge is -2.21. The largest absolute Gasteiger partial charge is 0.390 e. The molecule has 172 valence electrons. The van der Waals surface area contributed by atoms with E-state index in [1.165, 1.54) is 10.8 Å². The van der Waals surface area contributed by atoms with Gasteiger partial charge in [-0.05, 0) is 17.5 Å². The average Bonchev–Trinajstić information content (AvgIpc) is 3.19. The van der Waals surface area contributed by atoms with Gasteiger partial charge in [-0.25, -0.2) is 4.79 Å². The molecule has 3 atom stereocenters. The Morgan fingerprint density at radius 3 is 2.30 bits per heavy atom. The quantitative estimate of drug-likeness (QED) is 0.508. The molecule has 0 unspecified atom stereocenters. The van der Waals surface area contributed by atoms with Crippen LogP contribution in [-0.4, -0.2) is 39.3 Å². The lowest BCUT2D eigenvalue weighted by Crippen LogP contribution is -2.39. The van der Waals surface area contributed by atoms with E-state index in [4.69, 9.17) is 4.74 Å². The monoisotopic (exact) mass is 449 g/mol. The van der Waals surface area contributed by atoms with Crippen LogP contribution in [0.25, 0.3) is 0 Å². The number of hydrogen-bond acceptors (Lipinski definition) is 5. The Morgan fingerprint density at radius 2 is 1.73 bits per heavy atom. The highest BCUT2D eigenvalue weighted by Gasteiger charge is 2.36. The number of aromatic nitrogens is 2. The highest BCUT2D eigenvalue weighted by Crippen LogP contribution is 2.28. The average molecular weight is 450 g/mol. The molecule has 4 rings (SSSR count). The molecule has 1 saturated heterocycles. The lowest BCUT2D eigenvalue weighted by molar-refractivity contribution is -0.122. The van der Waals surface area contributed by atoms with Gasteiger partial charge in [-0.15, -0.1) is 0 Å². The van der Waals surface area contributed by atoms with Crippen molar-refractivity contribution in [2.24, 2.45) is 0 Å². The van der Waals surface area contributed by atoms with Crippen LogP contribution < -0.4 is 16.6 Å². The van der Waals surface area contributed by atoms with Crippen molar-refractivity contribution in [3.63, 3.8) is 0 Å². The maximum absolute atomic E-state index is 13.2. The van der Waals surface area contributed by atoms with Crippen LogP contribution >= 0.6 is 0 Å². The van der Waals surface area contributed by atoms with E-state index in [2.05, 4.69) is 10.3 Å². The molecule has 0 aliphatic carbocycles. The van der Waals surface area contributed by atoms with E-state index >= 15 is 0 Å². The van der Waals surface area contributed by atoms with Gasteiger partial charge in [0.1, 0.15) is 12.3 Å². The van der Waals surface area contributed by atoms with Crippen molar-refractivity contribution < 1.29 is 14.6 Å². The molecule has 1 aliphatic heterocycles. The van der Waals surface area contributed by atoms with Crippen molar-refractivity contribution in [2.75, 3.05) is 6.54 Å². The Morgan fingerprint density at radius 1 is 1.12 bits per heavy atom. The van der Waals surface area contributed by atoms with Gasteiger partial charge in [0, 0.05) is 24.7 Å². The fraction of sp³-hybridized carbons (Fsp3) is 0.320. The molecule has 8 nitrogen and oxygen atoms in total. The second-order valence-electron chi connectivity index (χ2n) is 8.11. The number of hydrogen-bond donors (Lipinski definition) is 3. The maximum Gasteiger partial charge on any atom is 0.330 e. The molecule has 8 heteroatoms. The minimum atomic E-state index is -0.869. The number of amides is 1. The summed E-state index contributed by atoms with van der Waals surface area (Å²) in [6.07, 6.45) is -0.168. The summed E-state index contributed by atoms with van der Waals surface area (Å²) in [7, 11) is 0. The normalized spacial score (nSPS) is 20.2. The first-order chi connectivity index (χ1) is 16.0. The predicted molar refractivity (Wildman–Crippen MR) is 123 cm³/mol. The molecule has 1 aliphatic rings. The number of benzene rings is 2. The van der Waals surface area contributed by atoms with Gasteiger partial charge >= 0.3 is 5.69 Å². The van der Waals surface area contributed by atoms with Crippen molar-refractivity contribution in [1.82, 2.24) is 14.9 Å². The SMILES string of the molecule is CCc1cn([C@H]2C[C@H](O)[C@@H](CNC(=O)C(c3ccccc3)c3ccccc3)O2)c(=O)[nH]c1=O. The predicted octanol–water partition coefficient (Wildman–Crippen LogP) is 1.70. The molecule has 0 spiro atoms. The van der Waals surface area contributed by atoms with E-state index < -0.39 is 35.6 Å². The molecule has 0 bridgehead atoms. The van der Waals surface area contributed by atoms with Gasteiger partial charge in [-0.1, -0.05) is 67.6 Å². The number of aryl methyl sites for hydroxylation is 1. The summed E-state index contributed by atoms with van der Waals surface area (Å²) in [6.45, 7) is 1.91. The first-order valence-electron chi connectivity index (χ1n) is 11.0. The number of H-pyrrole nitrogens is 1. The Bertz CT molecular complexity index is 1170. The molecule has 1 aromatic heterocycles. The molecule has 0 saturated carbocycles. The molecular formula is C25H27N3O5. The number of ether oxygens (including phenoxy) is 1. The second kappa shape index (κ2) is 9.97. The van der Waals surface area contributed by atoms with Gasteiger partial charge < -0.3 is 15.2 Å². The van der Waals surface area contributed by atoms with Crippen molar-refractivity contribution >= 4 is 5.91 Å². The van der Waals surface area contributed by atoms with Crippen LogP contribution in [0.4, 0.5) is 0 Å². The number of aliphatic hydroxyl groups is 1. The van der Waals surface area contributed by atoms with Gasteiger partial charge in [0.2, 0.25) is 5.91 Å². The minimum Gasteiger partial charge on any atom is -0.390 e. The van der Waals surface area contributed by atoms with Gasteiger partial charge in [0.05, 0.1) is 12.0 Å². The minimum absolute atomic E-state index is 0.0887. The molecule has 2 heterocycles. The number of nitrogens with zero attached hydrogens (tertiary/aromatic N) is 1. The number of nitrogens with one attached hydrogen (secondary N) is 2. The highest BCUT2D eigenvalue weighted by atomic mass is 16.5. The van der Waals surface area contributed by atoms with Crippen LogP contribution in [0.3, 0.4) is 0 Å². The van der Waals surface area contributed by atoms with E-state index in [-0.39, 0.29) is 18.9 Å². The zero-order chi connectivity index (χ0) is 23.4. The number of aromatic amines is 1. The molecule has 3 aromatic rings. The van der Waals surface area contributed by atoms with Crippen molar-refractivity contribution in [3.05, 3.63) is 104 Å². The summed E-state index contributed by atoms with van der Waals surface area (Å²) in [4.78, 5) is 39.6. The van der Waals surface area contributed by atoms with Crippen LogP contribution in [0, 0.1) is 0 Å². The van der Waals surface area contributed by atoms with Crippen LogP contribution in [0.2, 0.25) is 0 Å². The summed E-state index contributed by atoms with van der Waals surface area (Å²) in [5, 5.41) is 13.4.